The lowest BCUT2D eigenvalue weighted by molar-refractivity contribution is -0.149. The molecular weight excluding hydrogens is 829 g/mol. The lowest BCUT2D eigenvalue weighted by atomic mass is 10.0. The van der Waals surface area contributed by atoms with Crippen molar-refractivity contribution in [2.75, 3.05) is 98.2 Å². The van der Waals surface area contributed by atoms with Crippen molar-refractivity contribution in [3.8, 4) is 11.5 Å². The third-order valence-electron chi connectivity index (χ3n) is 9.13. The molecule has 0 amide bonds. The van der Waals surface area contributed by atoms with E-state index in [-0.39, 0.29) is 49.2 Å². The zero-order valence-electron chi connectivity index (χ0n) is 35.6. The van der Waals surface area contributed by atoms with E-state index in [2.05, 4.69) is 6.92 Å². The third-order valence-corrected chi connectivity index (χ3v) is 12.8. The van der Waals surface area contributed by atoms with Crippen molar-refractivity contribution in [3.63, 3.8) is 0 Å². The van der Waals surface area contributed by atoms with Gasteiger partial charge in [0.1, 0.15) is 50.8 Å². The summed E-state index contributed by atoms with van der Waals surface area (Å²) < 4.78 is 108. The van der Waals surface area contributed by atoms with E-state index < -0.39 is 51.4 Å². The molecule has 0 heterocycles. The number of unbranched alkanes of at least 4 members (excludes halogenated alkanes) is 9. The van der Waals surface area contributed by atoms with Crippen LogP contribution >= 0.6 is 0 Å². The Morgan fingerprint density at radius 2 is 0.845 bits per heavy atom. The third kappa shape index (κ3) is 26.8. The average Bonchev–Trinajstić information content (AvgIpc) is 3.14. The molecule has 0 saturated heterocycles. The summed E-state index contributed by atoms with van der Waals surface area (Å²) in [5.74, 6) is 0.549. The number of anilines is 2. The number of nitrogens with zero attached hydrogens (tertiary/aromatic N) is 2. The Hall–Kier alpha value is -3.09. The van der Waals surface area contributed by atoms with E-state index in [1.54, 1.807) is 65.4 Å². The van der Waals surface area contributed by atoms with Crippen LogP contribution in [0.15, 0.2) is 48.5 Å². The summed E-state index contributed by atoms with van der Waals surface area (Å²) in [7, 11) is -9.73. The highest BCUT2D eigenvalue weighted by atomic mass is 32.2. The van der Waals surface area contributed by atoms with Gasteiger partial charge in [0.25, 0.3) is 0 Å². The van der Waals surface area contributed by atoms with E-state index in [0.717, 1.165) is 50.0 Å². The number of carbonyl (C=O) groups excluding carboxylic acids is 1. The number of sulfone groups is 4. The van der Waals surface area contributed by atoms with Crippen LogP contribution < -0.4 is 19.3 Å². The van der Waals surface area contributed by atoms with Gasteiger partial charge in [-0.3, -0.25) is 0 Å². The first-order valence-corrected chi connectivity index (χ1v) is 28.0. The summed E-state index contributed by atoms with van der Waals surface area (Å²) >= 11 is 0. The standard InChI is InChI=1S/C27H47NO7S2.C13H21NO5S2/c1-5-6-7-8-9-10-11-12-13-14-15-26(27(29)34-2)35-25-18-16-24(17-19-25)28(20-22-36(3,30)31)21-23-37(4,32)33;1-19-13-6-4-12(5-7-13)14(8-10-20(2,15)16)9-11-21(3,17)18/h16-19,26H,5-15,20-23H2,1-4H3;4-7H,8-11H2,1-3H3. The van der Waals surface area contributed by atoms with E-state index >= 15 is 0 Å². The maximum atomic E-state index is 12.3. The number of rotatable bonds is 29. The molecule has 18 heteroatoms. The van der Waals surface area contributed by atoms with Crippen molar-refractivity contribution >= 4 is 56.7 Å². The highest BCUT2D eigenvalue weighted by molar-refractivity contribution is 7.91. The van der Waals surface area contributed by atoms with Gasteiger partial charge in [0.05, 0.1) is 37.2 Å². The Morgan fingerprint density at radius 1 is 0.517 bits per heavy atom. The zero-order valence-corrected chi connectivity index (χ0v) is 38.8. The van der Waals surface area contributed by atoms with Crippen molar-refractivity contribution in [1.82, 2.24) is 0 Å². The van der Waals surface area contributed by atoms with Crippen LogP contribution in [-0.4, -0.2) is 134 Å². The highest BCUT2D eigenvalue weighted by Gasteiger charge is 2.21. The van der Waals surface area contributed by atoms with Crippen LogP contribution in [0.4, 0.5) is 11.4 Å². The Labute approximate surface area is 349 Å². The predicted molar refractivity (Wildman–Crippen MR) is 236 cm³/mol. The summed E-state index contributed by atoms with van der Waals surface area (Å²) in [4.78, 5) is 15.8. The number of methoxy groups -OCH3 is 2. The van der Waals surface area contributed by atoms with E-state index in [0.29, 0.717) is 23.6 Å². The van der Waals surface area contributed by atoms with Crippen LogP contribution in [0, 0.1) is 0 Å². The molecule has 2 aromatic rings. The van der Waals surface area contributed by atoms with Crippen molar-refractivity contribution in [3.05, 3.63) is 48.5 Å². The van der Waals surface area contributed by atoms with Crippen molar-refractivity contribution in [2.45, 2.75) is 83.7 Å². The molecule has 0 aliphatic heterocycles. The van der Waals surface area contributed by atoms with Gasteiger partial charge in [0.15, 0.2) is 6.10 Å². The predicted octanol–water partition coefficient (Wildman–Crippen LogP) is 5.40. The number of ether oxygens (including phenoxy) is 3. The van der Waals surface area contributed by atoms with Gasteiger partial charge in [0.2, 0.25) is 0 Å². The average molecular weight is 897 g/mol. The van der Waals surface area contributed by atoms with Crippen LogP contribution in [0.5, 0.6) is 11.5 Å². The minimum atomic E-state index is -3.21. The molecule has 0 aliphatic rings. The van der Waals surface area contributed by atoms with Crippen molar-refractivity contribution in [1.29, 1.82) is 0 Å². The molecule has 334 valence electrons. The molecule has 1 unspecified atom stereocenters. The van der Waals surface area contributed by atoms with Gasteiger partial charge in [0, 0.05) is 62.6 Å². The fourth-order valence-corrected chi connectivity index (χ4v) is 7.92. The van der Waals surface area contributed by atoms with Gasteiger partial charge in [-0.15, -0.1) is 0 Å². The SMILES string of the molecule is CCCCCCCCCCCCC(Oc1ccc(N(CCS(C)(=O)=O)CCS(C)(=O)=O)cc1)C(=O)OC.COc1ccc(N(CCS(C)(=O)=O)CCS(C)(=O)=O)cc1. The molecule has 2 aromatic carbocycles. The Morgan fingerprint density at radius 3 is 1.16 bits per heavy atom. The van der Waals surface area contributed by atoms with Crippen LogP contribution in [0.2, 0.25) is 0 Å². The molecule has 0 fully saturated rings. The van der Waals surface area contributed by atoms with Crippen molar-refractivity contribution in [2.24, 2.45) is 0 Å². The van der Waals surface area contributed by atoms with Crippen LogP contribution in [-0.2, 0) is 48.9 Å². The maximum Gasteiger partial charge on any atom is 0.347 e. The smallest absolute Gasteiger partial charge is 0.347 e. The molecule has 14 nitrogen and oxygen atoms in total. The Bertz CT molecular complexity index is 1830. The lowest BCUT2D eigenvalue weighted by Gasteiger charge is -2.25. The number of hydrogen-bond acceptors (Lipinski definition) is 14. The first kappa shape index (κ1) is 52.9. The van der Waals surface area contributed by atoms with Gasteiger partial charge >= 0.3 is 5.97 Å². The number of benzene rings is 2. The minimum Gasteiger partial charge on any atom is -0.497 e. The van der Waals surface area contributed by atoms with Gasteiger partial charge in [-0.1, -0.05) is 64.7 Å². The molecule has 1 atom stereocenters. The van der Waals surface area contributed by atoms with E-state index in [4.69, 9.17) is 14.2 Å². The number of hydrogen-bond donors (Lipinski definition) is 0. The fourth-order valence-electron chi connectivity index (χ4n) is 5.71. The van der Waals surface area contributed by atoms with E-state index in [1.165, 1.54) is 52.1 Å². The first-order chi connectivity index (χ1) is 27.1. The van der Waals surface area contributed by atoms with Gasteiger partial charge in [-0.05, 0) is 61.4 Å². The Balaban J connectivity index is 0.000000676. The summed E-state index contributed by atoms with van der Waals surface area (Å²) in [6.07, 6.45) is 16.6. The molecule has 0 aromatic heterocycles. The molecule has 0 saturated carbocycles. The van der Waals surface area contributed by atoms with E-state index in [1.807, 2.05) is 0 Å². The number of carbonyl (C=O) groups is 1. The van der Waals surface area contributed by atoms with E-state index in [9.17, 15) is 38.5 Å². The molecular formula is C40H68N2O12S4. The second-order valence-electron chi connectivity index (χ2n) is 14.8. The highest BCUT2D eigenvalue weighted by Crippen LogP contribution is 2.23. The van der Waals surface area contributed by atoms with Crippen LogP contribution in [0.3, 0.4) is 0 Å². The molecule has 0 spiro atoms. The topological polar surface area (TPSA) is 188 Å². The van der Waals surface area contributed by atoms with Gasteiger partial charge in [-0.25, -0.2) is 38.5 Å². The Kier molecular flexibility index (Phi) is 24.5. The molecule has 0 radical (unpaired) electrons. The monoisotopic (exact) mass is 896 g/mol. The van der Waals surface area contributed by atoms with Gasteiger partial charge < -0.3 is 24.0 Å². The molecule has 0 aliphatic carbocycles. The van der Waals surface area contributed by atoms with Crippen LogP contribution in [0.1, 0.15) is 77.6 Å². The molecule has 0 bridgehead atoms. The second kappa shape index (κ2) is 26.9. The minimum absolute atomic E-state index is 0.0250. The lowest BCUT2D eigenvalue weighted by Crippen LogP contribution is -2.33. The largest absolute Gasteiger partial charge is 0.497 e. The summed E-state index contributed by atoms with van der Waals surface area (Å²) in [6.45, 7) is 3.08. The normalized spacial score (nSPS) is 12.5. The maximum absolute atomic E-state index is 12.3. The second-order valence-corrected chi connectivity index (χ2v) is 23.8. The van der Waals surface area contributed by atoms with Gasteiger partial charge in [-0.2, -0.15) is 0 Å². The summed E-state index contributed by atoms with van der Waals surface area (Å²) in [5, 5.41) is 0. The zero-order chi connectivity index (χ0) is 43.8. The fraction of sp³-hybridized carbons (Fsp3) is 0.675. The number of esters is 1. The summed E-state index contributed by atoms with van der Waals surface area (Å²) in [6, 6.07) is 14.0. The summed E-state index contributed by atoms with van der Waals surface area (Å²) in [5.41, 5.74) is 1.45. The van der Waals surface area contributed by atoms with Crippen molar-refractivity contribution < 1.29 is 52.7 Å². The molecule has 2 rings (SSSR count). The van der Waals surface area contributed by atoms with Crippen LogP contribution in [0.25, 0.3) is 0 Å². The first-order valence-electron chi connectivity index (χ1n) is 19.7. The molecule has 58 heavy (non-hydrogen) atoms. The quantitative estimate of drug-likeness (QED) is 0.0746. The molecule has 0 N–H and O–H groups in total.